The molecule has 1 spiro atoms. The van der Waals surface area contributed by atoms with Gasteiger partial charge in [-0.2, -0.15) is 0 Å². The largest absolute Gasteiger partial charge is 0.493 e. The van der Waals surface area contributed by atoms with Gasteiger partial charge in [-0.05, 0) is 18.9 Å². The van der Waals surface area contributed by atoms with Gasteiger partial charge in [0.2, 0.25) is 5.91 Å². The van der Waals surface area contributed by atoms with Crippen LogP contribution in [-0.4, -0.2) is 63.3 Å². The first-order valence-electron chi connectivity index (χ1n) is 10.6. The number of para-hydroxylation sites is 1. The molecule has 29 heavy (non-hydrogen) atoms. The third-order valence-corrected chi connectivity index (χ3v) is 6.48. The SMILES string of the molecule is O=C1C[C@H]2N(Cc3ccccc3OCCCCn3ccnc3)CC[C@]23OCCN13. The maximum atomic E-state index is 12.4. The fourth-order valence-corrected chi connectivity index (χ4v) is 5.06. The monoisotopic (exact) mass is 396 g/mol. The molecule has 1 amide bonds. The molecule has 2 atom stereocenters. The van der Waals surface area contributed by atoms with E-state index in [9.17, 15) is 4.79 Å². The van der Waals surface area contributed by atoms with Gasteiger partial charge in [-0.15, -0.1) is 0 Å². The Kier molecular flexibility index (Phi) is 5.01. The number of nitrogens with zero attached hydrogens (tertiary/aromatic N) is 4. The summed E-state index contributed by atoms with van der Waals surface area (Å²) in [5.41, 5.74) is 0.809. The number of carbonyl (C=O) groups excluding carboxylic acids is 1. The van der Waals surface area contributed by atoms with Gasteiger partial charge >= 0.3 is 0 Å². The summed E-state index contributed by atoms with van der Waals surface area (Å²) in [5.74, 6) is 1.18. The summed E-state index contributed by atoms with van der Waals surface area (Å²) in [7, 11) is 0. The summed E-state index contributed by atoms with van der Waals surface area (Å²) in [6.07, 6.45) is 9.18. The van der Waals surface area contributed by atoms with E-state index in [-0.39, 0.29) is 17.7 Å². The molecular weight excluding hydrogens is 368 g/mol. The van der Waals surface area contributed by atoms with Gasteiger partial charge in [-0.25, -0.2) is 4.98 Å². The predicted molar refractivity (Wildman–Crippen MR) is 107 cm³/mol. The highest BCUT2D eigenvalue weighted by molar-refractivity contribution is 5.81. The van der Waals surface area contributed by atoms with Gasteiger partial charge in [0.15, 0.2) is 5.72 Å². The van der Waals surface area contributed by atoms with Gasteiger partial charge in [0, 0.05) is 57.0 Å². The molecule has 0 unspecified atom stereocenters. The average Bonchev–Trinajstić information content (AvgIpc) is 3.49. The highest BCUT2D eigenvalue weighted by atomic mass is 16.5. The molecule has 0 radical (unpaired) electrons. The molecule has 0 N–H and O–H groups in total. The number of hydrogen-bond donors (Lipinski definition) is 0. The van der Waals surface area contributed by atoms with E-state index in [0.717, 1.165) is 51.2 Å². The van der Waals surface area contributed by atoms with Crippen LogP contribution in [0, 0.1) is 0 Å². The van der Waals surface area contributed by atoms with Crippen LogP contribution in [0.15, 0.2) is 43.0 Å². The molecule has 0 aliphatic carbocycles. The first kappa shape index (κ1) is 18.6. The Bertz CT molecular complexity index is 856. The highest BCUT2D eigenvalue weighted by Gasteiger charge is 2.61. The van der Waals surface area contributed by atoms with Crippen LogP contribution in [0.3, 0.4) is 0 Å². The van der Waals surface area contributed by atoms with Gasteiger partial charge in [0.25, 0.3) is 0 Å². The Hall–Kier alpha value is -2.38. The van der Waals surface area contributed by atoms with Crippen LogP contribution in [-0.2, 0) is 22.6 Å². The molecule has 0 bridgehead atoms. The van der Waals surface area contributed by atoms with Crippen LogP contribution in [0.25, 0.3) is 0 Å². The van der Waals surface area contributed by atoms with E-state index >= 15 is 0 Å². The molecule has 3 fully saturated rings. The summed E-state index contributed by atoms with van der Waals surface area (Å²) in [6, 6.07) is 8.42. The Labute approximate surface area is 171 Å². The number of rotatable bonds is 8. The van der Waals surface area contributed by atoms with Crippen molar-refractivity contribution in [2.24, 2.45) is 0 Å². The molecule has 3 aliphatic rings. The first-order chi connectivity index (χ1) is 14.3. The Morgan fingerprint density at radius 1 is 1.24 bits per heavy atom. The van der Waals surface area contributed by atoms with Crippen molar-refractivity contribution in [1.82, 2.24) is 19.4 Å². The second-order valence-electron chi connectivity index (χ2n) is 8.14. The summed E-state index contributed by atoms with van der Waals surface area (Å²) < 4.78 is 14.3. The molecule has 5 rings (SSSR count). The van der Waals surface area contributed by atoms with E-state index < -0.39 is 0 Å². The van der Waals surface area contributed by atoms with E-state index in [1.807, 2.05) is 29.7 Å². The normalized spacial score (nSPS) is 26.1. The number of imidazole rings is 1. The Morgan fingerprint density at radius 2 is 2.17 bits per heavy atom. The molecule has 1 aromatic heterocycles. The lowest BCUT2D eigenvalue weighted by Crippen LogP contribution is -2.47. The van der Waals surface area contributed by atoms with Crippen LogP contribution in [0.5, 0.6) is 5.75 Å². The van der Waals surface area contributed by atoms with Crippen molar-refractivity contribution >= 4 is 5.91 Å². The second kappa shape index (κ2) is 7.80. The molecule has 7 nitrogen and oxygen atoms in total. The van der Waals surface area contributed by atoms with Gasteiger partial charge in [-0.3, -0.25) is 9.69 Å². The zero-order valence-corrected chi connectivity index (χ0v) is 16.7. The summed E-state index contributed by atoms with van der Waals surface area (Å²) in [4.78, 5) is 20.9. The molecule has 4 heterocycles. The lowest BCUT2D eigenvalue weighted by atomic mass is 10.1. The van der Waals surface area contributed by atoms with Crippen molar-refractivity contribution in [2.75, 3.05) is 26.3 Å². The fraction of sp³-hybridized carbons (Fsp3) is 0.545. The number of benzene rings is 1. The highest BCUT2D eigenvalue weighted by Crippen LogP contribution is 2.46. The standard InChI is InChI=1S/C22H28N4O3/c27-21-15-20-22(26(21)12-14-29-22)7-10-25(20)16-18-5-1-2-6-19(18)28-13-4-3-9-24-11-8-23-17-24/h1-2,5-6,8,11,17,20H,3-4,7,9-10,12-16H2/t20-,22+/m1/s1. The smallest absolute Gasteiger partial charge is 0.226 e. The van der Waals surface area contributed by atoms with E-state index in [1.54, 1.807) is 0 Å². The van der Waals surface area contributed by atoms with Crippen molar-refractivity contribution in [2.45, 2.75) is 50.5 Å². The zero-order valence-electron chi connectivity index (χ0n) is 16.7. The first-order valence-corrected chi connectivity index (χ1v) is 10.6. The lowest BCUT2D eigenvalue weighted by Gasteiger charge is -2.31. The molecule has 154 valence electrons. The minimum absolute atomic E-state index is 0.153. The maximum Gasteiger partial charge on any atom is 0.226 e. The van der Waals surface area contributed by atoms with Crippen molar-refractivity contribution in [3.05, 3.63) is 48.5 Å². The van der Waals surface area contributed by atoms with Crippen LogP contribution in [0.1, 0.15) is 31.2 Å². The molecule has 3 aliphatic heterocycles. The van der Waals surface area contributed by atoms with Crippen LogP contribution < -0.4 is 4.74 Å². The van der Waals surface area contributed by atoms with Gasteiger partial charge < -0.3 is 18.9 Å². The second-order valence-corrected chi connectivity index (χ2v) is 8.14. The third kappa shape index (κ3) is 3.42. The van der Waals surface area contributed by atoms with Crippen molar-refractivity contribution in [3.63, 3.8) is 0 Å². The minimum Gasteiger partial charge on any atom is -0.493 e. The molecule has 2 aromatic rings. The van der Waals surface area contributed by atoms with E-state index in [2.05, 4.69) is 32.7 Å². The van der Waals surface area contributed by atoms with Crippen molar-refractivity contribution in [1.29, 1.82) is 0 Å². The molecule has 7 heteroatoms. The number of amides is 1. The van der Waals surface area contributed by atoms with Gasteiger partial charge in [0.05, 0.1) is 25.6 Å². The molecule has 0 saturated carbocycles. The quantitative estimate of drug-likeness (QED) is 0.641. The molecular formula is C22H28N4O3. The minimum atomic E-state index is -0.375. The Balaban J connectivity index is 1.18. The van der Waals surface area contributed by atoms with Crippen molar-refractivity contribution < 1.29 is 14.3 Å². The van der Waals surface area contributed by atoms with E-state index in [4.69, 9.17) is 9.47 Å². The fourth-order valence-electron chi connectivity index (χ4n) is 5.06. The number of carbonyl (C=O) groups is 1. The molecule has 1 aromatic carbocycles. The number of aryl methyl sites for hydroxylation is 1. The number of ether oxygens (including phenoxy) is 2. The number of unbranched alkanes of at least 4 members (excludes halogenated alkanes) is 1. The topological polar surface area (TPSA) is 59.8 Å². The zero-order chi connectivity index (χ0) is 19.7. The number of hydrogen-bond acceptors (Lipinski definition) is 5. The van der Waals surface area contributed by atoms with Crippen LogP contribution in [0.4, 0.5) is 0 Å². The van der Waals surface area contributed by atoms with Crippen LogP contribution in [0.2, 0.25) is 0 Å². The maximum absolute atomic E-state index is 12.4. The van der Waals surface area contributed by atoms with Gasteiger partial charge in [-0.1, -0.05) is 18.2 Å². The van der Waals surface area contributed by atoms with Gasteiger partial charge in [0.1, 0.15) is 5.75 Å². The average molecular weight is 396 g/mol. The summed E-state index contributed by atoms with van der Waals surface area (Å²) in [6.45, 7) is 4.81. The molecule has 3 saturated heterocycles. The predicted octanol–water partition coefficient (Wildman–Crippen LogP) is 2.28. The van der Waals surface area contributed by atoms with Crippen LogP contribution >= 0.6 is 0 Å². The van der Waals surface area contributed by atoms with E-state index in [0.29, 0.717) is 19.6 Å². The van der Waals surface area contributed by atoms with Crippen molar-refractivity contribution in [3.8, 4) is 5.75 Å². The van der Waals surface area contributed by atoms with E-state index in [1.165, 1.54) is 5.56 Å². The third-order valence-electron chi connectivity index (χ3n) is 6.48. The summed E-state index contributed by atoms with van der Waals surface area (Å²) >= 11 is 0. The number of aromatic nitrogens is 2. The Morgan fingerprint density at radius 3 is 3.07 bits per heavy atom. The lowest BCUT2D eigenvalue weighted by molar-refractivity contribution is -0.136. The summed E-state index contributed by atoms with van der Waals surface area (Å²) in [5, 5.41) is 0. The number of likely N-dealkylation sites (tertiary alicyclic amines) is 1.